The number of aromatic nitrogens is 2. The predicted molar refractivity (Wildman–Crippen MR) is 75.6 cm³/mol. The number of halogens is 2. The van der Waals surface area contributed by atoms with E-state index in [0.717, 1.165) is 22.2 Å². The highest BCUT2D eigenvalue weighted by Crippen LogP contribution is 2.27. The van der Waals surface area contributed by atoms with Crippen molar-refractivity contribution < 1.29 is 5.11 Å². The molecule has 1 N–H and O–H groups in total. The van der Waals surface area contributed by atoms with Gasteiger partial charge in [-0.1, -0.05) is 17.7 Å². The van der Waals surface area contributed by atoms with E-state index in [4.69, 9.17) is 11.6 Å². The standard InChI is InChI=1S/C13H14BrClN2O/c1-17-10(6-7-16-17)3-5-13(18)9-2-4-11(14)12(15)8-9/h2,4,6-8,13,18H,3,5H2,1H3. The summed E-state index contributed by atoms with van der Waals surface area (Å²) >= 11 is 9.34. The minimum atomic E-state index is -0.509. The van der Waals surface area contributed by atoms with E-state index in [1.165, 1.54) is 0 Å². The van der Waals surface area contributed by atoms with Crippen molar-refractivity contribution in [3.8, 4) is 0 Å². The van der Waals surface area contributed by atoms with Gasteiger partial charge in [-0.05, 0) is 52.5 Å². The molecule has 0 fully saturated rings. The van der Waals surface area contributed by atoms with Crippen LogP contribution in [0.15, 0.2) is 34.9 Å². The van der Waals surface area contributed by atoms with Crippen molar-refractivity contribution >= 4 is 27.5 Å². The molecule has 2 rings (SSSR count). The third kappa shape index (κ3) is 3.13. The summed E-state index contributed by atoms with van der Waals surface area (Å²) in [7, 11) is 1.90. The molecule has 18 heavy (non-hydrogen) atoms. The molecule has 1 unspecified atom stereocenters. The molecule has 0 aliphatic heterocycles. The van der Waals surface area contributed by atoms with Crippen molar-refractivity contribution in [1.82, 2.24) is 9.78 Å². The van der Waals surface area contributed by atoms with Crippen LogP contribution < -0.4 is 0 Å². The average molecular weight is 330 g/mol. The zero-order valence-corrected chi connectivity index (χ0v) is 12.3. The summed E-state index contributed by atoms with van der Waals surface area (Å²) in [5, 5.41) is 14.8. The molecule has 0 aliphatic rings. The van der Waals surface area contributed by atoms with Gasteiger partial charge in [0.05, 0.1) is 11.1 Å². The highest BCUT2D eigenvalue weighted by Gasteiger charge is 2.10. The fourth-order valence-corrected chi connectivity index (χ4v) is 2.25. The molecule has 5 heteroatoms. The van der Waals surface area contributed by atoms with Crippen LogP contribution in [0.2, 0.25) is 5.02 Å². The maximum atomic E-state index is 10.1. The summed E-state index contributed by atoms with van der Waals surface area (Å²) in [4.78, 5) is 0. The molecule has 0 saturated carbocycles. The molecule has 0 saturated heterocycles. The van der Waals surface area contributed by atoms with Crippen LogP contribution in [-0.2, 0) is 13.5 Å². The summed E-state index contributed by atoms with van der Waals surface area (Å²) in [5.41, 5.74) is 1.95. The molecule has 0 bridgehead atoms. The third-order valence-electron chi connectivity index (χ3n) is 2.92. The first-order valence-electron chi connectivity index (χ1n) is 5.68. The number of aryl methyl sites for hydroxylation is 2. The van der Waals surface area contributed by atoms with E-state index >= 15 is 0 Å². The first-order valence-corrected chi connectivity index (χ1v) is 6.85. The topological polar surface area (TPSA) is 38.0 Å². The molecular formula is C13H14BrClN2O. The van der Waals surface area contributed by atoms with Crippen LogP contribution in [0.4, 0.5) is 0 Å². The third-order valence-corrected chi connectivity index (χ3v) is 4.16. The molecular weight excluding hydrogens is 316 g/mol. The molecule has 1 heterocycles. The zero-order valence-electron chi connectivity index (χ0n) is 9.98. The Morgan fingerprint density at radius 2 is 2.22 bits per heavy atom. The van der Waals surface area contributed by atoms with Gasteiger partial charge in [-0.3, -0.25) is 4.68 Å². The number of aliphatic hydroxyl groups excluding tert-OH is 1. The highest BCUT2D eigenvalue weighted by atomic mass is 79.9. The van der Waals surface area contributed by atoms with Crippen molar-refractivity contribution in [1.29, 1.82) is 0 Å². The van der Waals surface area contributed by atoms with Crippen molar-refractivity contribution in [3.63, 3.8) is 0 Å². The van der Waals surface area contributed by atoms with Gasteiger partial charge in [-0.2, -0.15) is 5.10 Å². The lowest BCUT2D eigenvalue weighted by Gasteiger charge is -2.12. The van der Waals surface area contributed by atoms with E-state index in [1.54, 1.807) is 12.3 Å². The maximum Gasteiger partial charge on any atom is 0.0794 e. The molecule has 0 amide bonds. The van der Waals surface area contributed by atoms with Gasteiger partial charge in [0.2, 0.25) is 0 Å². The first kappa shape index (κ1) is 13.6. The van der Waals surface area contributed by atoms with E-state index in [-0.39, 0.29) is 0 Å². The number of nitrogens with zero attached hydrogens (tertiary/aromatic N) is 2. The van der Waals surface area contributed by atoms with Crippen LogP contribution in [-0.4, -0.2) is 14.9 Å². The molecule has 0 radical (unpaired) electrons. The van der Waals surface area contributed by atoms with Gasteiger partial charge < -0.3 is 5.11 Å². The quantitative estimate of drug-likeness (QED) is 0.932. The van der Waals surface area contributed by atoms with E-state index in [0.29, 0.717) is 11.4 Å². The fraction of sp³-hybridized carbons (Fsp3) is 0.308. The molecule has 3 nitrogen and oxygen atoms in total. The van der Waals surface area contributed by atoms with Gasteiger partial charge in [0, 0.05) is 23.4 Å². The monoisotopic (exact) mass is 328 g/mol. The molecule has 0 aliphatic carbocycles. The second kappa shape index (κ2) is 5.87. The molecule has 1 aromatic heterocycles. The van der Waals surface area contributed by atoms with Crippen LogP contribution in [0, 0.1) is 0 Å². The fourth-order valence-electron chi connectivity index (χ4n) is 1.82. The second-order valence-electron chi connectivity index (χ2n) is 4.17. The van der Waals surface area contributed by atoms with Crippen LogP contribution in [0.1, 0.15) is 23.8 Å². The molecule has 1 aromatic carbocycles. The van der Waals surface area contributed by atoms with E-state index in [1.807, 2.05) is 29.9 Å². The Balaban J connectivity index is 2.01. The van der Waals surface area contributed by atoms with Crippen molar-refractivity contribution in [2.24, 2.45) is 7.05 Å². The summed E-state index contributed by atoms with van der Waals surface area (Å²) < 4.78 is 2.66. The summed E-state index contributed by atoms with van der Waals surface area (Å²) in [6, 6.07) is 7.48. The average Bonchev–Trinajstić information content (AvgIpc) is 2.75. The van der Waals surface area contributed by atoms with E-state index in [2.05, 4.69) is 21.0 Å². The van der Waals surface area contributed by atoms with Gasteiger partial charge in [0.1, 0.15) is 0 Å². The predicted octanol–water partition coefficient (Wildman–Crippen LogP) is 3.50. The van der Waals surface area contributed by atoms with E-state index < -0.39 is 6.10 Å². The Kier molecular flexibility index (Phi) is 4.43. The number of benzene rings is 1. The van der Waals surface area contributed by atoms with Gasteiger partial charge in [0.15, 0.2) is 0 Å². The summed E-state index contributed by atoms with van der Waals surface area (Å²) in [5.74, 6) is 0. The second-order valence-corrected chi connectivity index (χ2v) is 5.44. The Morgan fingerprint density at radius 1 is 1.44 bits per heavy atom. The summed E-state index contributed by atoms with van der Waals surface area (Å²) in [6.45, 7) is 0. The Labute approximate surface area is 120 Å². The van der Waals surface area contributed by atoms with Crippen molar-refractivity contribution in [2.45, 2.75) is 18.9 Å². The minimum absolute atomic E-state index is 0.509. The van der Waals surface area contributed by atoms with E-state index in [9.17, 15) is 5.11 Å². The number of aliphatic hydroxyl groups is 1. The van der Waals surface area contributed by atoms with Crippen molar-refractivity contribution in [2.75, 3.05) is 0 Å². The van der Waals surface area contributed by atoms with Gasteiger partial charge in [-0.25, -0.2) is 0 Å². The number of hydrogen-bond acceptors (Lipinski definition) is 2. The van der Waals surface area contributed by atoms with Crippen LogP contribution >= 0.6 is 27.5 Å². The van der Waals surface area contributed by atoms with Gasteiger partial charge in [-0.15, -0.1) is 0 Å². The Hall–Kier alpha value is -0.840. The van der Waals surface area contributed by atoms with Crippen LogP contribution in [0.25, 0.3) is 0 Å². The Morgan fingerprint density at radius 3 is 2.83 bits per heavy atom. The molecule has 96 valence electrons. The number of rotatable bonds is 4. The number of hydrogen-bond donors (Lipinski definition) is 1. The lowest BCUT2D eigenvalue weighted by atomic mass is 10.0. The summed E-state index contributed by atoms with van der Waals surface area (Å²) in [6.07, 6.45) is 2.69. The molecule has 0 spiro atoms. The first-order chi connectivity index (χ1) is 8.58. The molecule has 2 aromatic rings. The lowest BCUT2D eigenvalue weighted by Crippen LogP contribution is -2.03. The lowest BCUT2D eigenvalue weighted by molar-refractivity contribution is 0.167. The smallest absolute Gasteiger partial charge is 0.0794 e. The largest absolute Gasteiger partial charge is 0.388 e. The molecule has 1 atom stereocenters. The SMILES string of the molecule is Cn1nccc1CCC(O)c1ccc(Br)c(Cl)c1. The maximum absolute atomic E-state index is 10.1. The minimum Gasteiger partial charge on any atom is -0.388 e. The zero-order chi connectivity index (χ0) is 13.1. The van der Waals surface area contributed by atoms with Gasteiger partial charge in [0.25, 0.3) is 0 Å². The van der Waals surface area contributed by atoms with Gasteiger partial charge >= 0.3 is 0 Å². The Bertz CT molecular complexity index is 542. The highest BCUT2D eigenvalue weighted by molar-refractivity contribution is 9.10. The van der Waals surface area contributed by atoms with Crippen LogP contribution in [0.5, 0.6) is 0 Å². The normalized spacial score (nSPS) is 12.7. The van der Waals surface area contributed by atoms with Crippen molar-refractivity contribution in [3.05, 3.63) is 51.2 Å². The van der Waals surface area contributed by atoms with Crippen LogP contribution in [0.3, 0.4) is 0 Å².